The molecule has 0 aromatic rings. The summed E-state index contributed by atoms with van der Waals surface area (Å²) < 4.78 is 0.459. The van der Waals surface area contributed by atoms with Crippen molar-refractivity contribution in [1.82, 2.24) is 0 Å². The summed E-state index contributed by atoms with van der Waals surface area (Å²) in [7, 11) is 70.6. The lowest BCUT2D eigenvalue weighted by molar-refractivity contribution is 1.87. The highest BCUT2D eigenvalue weighted by Gasteiger charge is 2.66. The predicted octanol–water partition coefficient (Wildman–Crippen LogP) is 21.3. The number of rotatable bonds is 17. The van der Waals surface area contributed by atoms with Crippen molar-refractivity contribution in [1.29, 1.82) is 0 Å². The number of hydrogen-bond acceptors (Lipinski definition) is 0. The maximum Gasteiger partial charge on any atom is 0.0855 e. The van der Waals surface area contributed by atoms with Crippen molar-refractivity contribution < 1.29 is 0 Å². The van der Waals surface area contributed by atoms with E-state index < -0.39 is 0 Å². The van der Waals surface area contributed by atoms with Crippen LogP contribution in [-0.2, 0) is 0 Å². The van der Waals surface area contributed by atoms with Crippen LogP contribution in [0.3, 0.4) is 0 Å². The van der Waals surface area contributed by atoms with Gasteiger partial charge >= 0.3 is 0 Å². The SMILES string of the molecule is PP(P)P(P)P(P(P)P)C(P(P(P)P)P(P)P)(P(P(P)P)P(P)P)P(P(P(P)P)P(P)P)P(P(P)P)P(P)P. The van der Waals surface area contributed by atoms with E-state index in [4.69, 9.17) is 0 Å². The molecule has 0 fully saturated rings. The second kappa shape index (κ2) is 28.7. The fourth-order valence-corrected chi connectivity index (χ4v) is 368. The largest absolute Gasteiger partial charge is 0.102 e. The third-order valence-corrected chi connectivity index (χ3v) is 200. The van der Waals surface area contributed by atoms with Gasteiger partial charge in [-0.2, -0.15) is 0 Å². The molecule has 0 N–H and O–H groups in total. The molecule has 0 aliphatic rings. The van der Waals surface area contributed by atoms with Gasteiger partial charge in [0.05, 0.1) is 4.38 Å². The van der Waals surface area contributed by atoms with Crippen molar-refractivity contribution in [3.63, 3.8) is 0 Å². The predicted molar refractivity (Wildman–Crippen MR) is 324 cm³/mol. The lowest BCUT2D eigenvalue weighted by Crippen LogP contribution is -2.12. The highest BCUT2D eigenvalue weighted by Crippen LogP contribution is 3.36. The van der Waals surface area contributed by atoms with E-state index in [-0.39, 0.29) is 120 Å². The Bertz CT molecular complexity index is 578. The van der Waals surface area contributed by atoms with Crippen molar-refractivity contribution in [3.8, 4) is 0 Å². The molecule has 23 atom stereocenters. The summed E-state index contributed by atoms with van der Waals surface area (Å²) in [6.45, 7) is -2.56. The average molecular weight is 1230 g/mol. The third-order valence-electron chi connectivity index (χ3n) is 3.76. The zero-order valence-electron chi connectivity index (χ0n) is 20.2. The Hall–Kier alpha value is 16.3. The highest BCUT2D eigenvalue weighted by molar-refractivity contribution is 9.28. The minimum absolute atomic E-state index is 0.143. The van der Waals surface area contributed by atoms with Gasteiger partial charge in [-0.1, -0.05) is 0 Å². The molecule has 38 heteroatoms. The van der Waals surface area contributed by atoms with Gasteiger partial charge in [-0.15, -0.1) is 187 Å². The summed E-state index contributed by atoms with van der Waals surface area (Å²) in [5.74, 6) is 0. The molecule has 0 bridgehead atoms. The summed E-state index contributed by atoms with van der Waals surface area (Å²) in [6.07, 6.45) is 0. The first-order valence-electron chi connectivity index (χ1n) is 8.92. The van der Waals surface area contributed by atoms with Crippen molar-refractivity contribution in [2.75, 3.05) is 0 Å². The molecule has 23 unspecified atom stereocenters. The fourth-order valence-electron chi connectivity index (χ4n) is 2.78. The van der Waals surface area contributed by atoms with Crippen LogP contribution >= 0.6 is 308 Å². The Kier molecular flexibility index (Phi) is 40.8. The monoisotopic (exact) mass is 1230 g/mol. The Morgan fingerprint density at radius 3 is 0.615 bits per heavy atom. The second-order valence-electron chi connectivity index (χ2n) is 6.41. The van der Waals surface area contributed by atoms with Gasteiger partial charge in [-0.25, -0.2) is 0 Å². The maximum absolute atomic E-state index is 3.54. The number of hydrogen-bond donors (Lipinski definition) is 0. The molecule has 0 spiro atoms. The molecule has 0 aliphatic carbocycles. The lowest BCUT2D eigenvalue weighted by Gasteiger charge is -2.64. The van der Waals surface area contributed by atoms with E-state index in [1.54, 1.807) is 0 Å². The summed E-state index contributed by atoms with van der Waals surface area (Å²) >= 11 is 0. The molecule has 39 heavy (non-hydrogen) atoms. The van der Waals surface area contributed by atoms with Gasteiger partial charge in [0.2, 0.25) is 0 Å². The van der Waals surface area contributed by atoms with Crippen LogP contribution < -0.4 is 0 Å². The Morgan fingerprint density at radius 2 is 0.462 bits per heavy atom. The van der Waals surface area contributed by atoms with Gasteiger partial charge in [0, 0.05) is 0 Å². The first kappa shape index (κ1) is 55.3. The molecule has 236 valence electrons. The standard InChI is InChI=1S/CH42P38/c2-27(3)23(28(4)5)1(24(29(6)7)30(8)9,25(31(10)11)37(22)32(12)13)26(38(33(14)15)34(16)17)39(35(18)19)36(20)21/h2-22H2. The quantitative estimate of drug-likeness (QED) is 0.127. The van der Waals surface area contributed by atoms with Gasteiger partial charge in [-0.3, -0.25) is 0 Å². The Labute approximate surface area is 308 Å². The van der Waals surface area contributed by atoms with Crippen molar-refractivity contribution in [2.24, 2.45) is 0 Å². The fraction of sp³-hybridized carbons (Fsp3) is 1.00. The van der Waals surface area contributed by atoms with Crippen LogP contribution in [0.5, 0.6) is 0 Å². The molecule has 0 heterocycles. The first-order valence-corrected chi connectivity index (χ1v) is 74.9. The van der Waals surface area contributed by atoms with Gasteiger partial charge in [0.15, 0.2) is 0 Å². The van der Waals surface area contributed by atoms with Crippen LogP contribution in [-0.4, -0.2) is 4.38 Å². The van der Waals surface area contributed by atoms with E-state index in [2.05, 4.69) is 187 Å². The summed E-state index contributed by atoms with van der Waals surface area (Å²) in [5, 5.41) is 0. The van der Waals surface area contributed by atoms with E-state index in [0.29, 0.717) is 4.38 Å². The summed E-state index contributed by atoms with van der Waals surface area (Å²) in [5.41, 5.74) is 0. The van der Waals surface area contributed by atoms with Gasteiger partial charge < -0.3 is 0 Å². The van der Waals surface area contributed by atoms with Crippen LogP contribution in [0.4, 0.5) is 0 Å². The molecule has 0 amide bonds. The van der Waals surface area contributed by atoms with Crippen LogP contribution in [0.15, 0.2) is 0 Å². The maximum atomic E-state index is 3.54. The van der Waals surface area contributed by atoms with Gasteiger partial charge in [0.25, 0.3) is 0 Å². The molecule has 0 aliphatic heterocycles. The topological polar surface area (TPSA) is 0 Å². The normalized spacial score (nSPS) is 16.0. The lowest BCUT2D eigenvalue weighted by atomic mass is 11.8. The Morgan fingerprint density at radius 1 is 0.231 bits per heavy atom. The van der Waals surface area contributed by atoms with Gasteiger partial charge in [-0.05, 0) is 120 Å². The van der Waals surface area contributed by atoms with E-state index in [1.165, 1.54) is 0 Å². The minimum atomic E-state index is -0.240. The smallest absolute Gasteiger partial charge is 0.0855 e. The zero-order chi connectivity index (χ0) is 31.3. The first-order chi connectivity index (χ1) is 17.6. The molecule has 0 rings (SSSR count). The van der Waals surface area contributed by atoms with Crippen LogP contribution in [0.25, 0.3) is 0 Å². The molecule has 0 aromatic carbocycles. The molecule has 0 radical (unpaired) electrons. The zero-order valence-corrected chi connectivity index (χ0v) is 59.7. The average Bonchev–Trinajstić information content (AvgIpc) is 2.70. The van der Waals surface area contributed by atoms with E-state index in [9.17, 15) is 0 Å². The highest BCUT2D eigenvalue weighted by atomic mass is 33.3. The van der Waals surface area contributed by atoms with Crippen LogP contribution in [0.2, 0.25) is 0 Å². The van der Waals surface area contributed by atoms with Crippen LogP contribution in [0, 0.1) is 0 Å². The Balaban J connectivity index is 8.86. The molecule has 0 nitrogen and oxygen atoms in total. The van der Waals surface area contributed by atoms with Crippen molar-refractivity contribution in [2.45, 2.75) is 4.38 Å². The van der Waals surface area contributed by atoms with E-state index in [1.807, 2.05) is 0 Å². The minimum Gasteiger partial charge on any atom is -0.102 e. The second-order valence-corrected chi connectivity index (χ2v) is 148. The van der Waals surface area contributed by atoms with Gasteiger partial charge in [0.1, 0.15) is 0 Å². The van der Waals surface area contributed by atoms with Crippen molar-refractivity contribution >= 4 is 308 Å². The summed E-state index contributed by atoms with van der Waals surface area (Å²) in [4.78, 5) is 0. The van der Waals surface area contributed by atoms with E-state index >= 15 is 0 Å². The third kappa shape index (κ3) is 17.5. The van der Waals surface area contributed by atoms with Crippen molar-refractivity contribution in [3.05, 3.63) is 0 Å². The summed E-state index contributed by atoms with van der Waals surface area (Å²) in [6, 6.07) is 0. The molecule has 0 saturated heterocycles. The van der Waals surface area contributed by atoms with E-state index in [0.717, 1.165) is 0 Å². The molecule has 0 aromatic heterocycles. The molecular formula is CH42P38. The molecule has 0 saturated carbocycles. The van der Waals surface area contributed by atoms with Crippen LogP contribution in [0.1, 0.15) is 0 Å². The molecular weight excluding hydrogens is 1190 g/mol.